The molecule has 0 spiro atoms. The maximum absolute atomic E-state index is 11.3. The number of methoxy groups -OCH3 is 1. The van der Waals surface area contributed by atoms with E-state index in [1.54, 1.807) is 6.07 Å². The molecule has 0 aliphatic heterocycles. The van der Waals surface area contributed by atoms with Gasteiger partial charge in [0.15, 0.2) is 5.58 Å². The summed E-state index contributed by atoms with van der Waals surface area (Å²) >= 11 is 0. The summed E-state index contributed by atoms with van der Waals surface area (Å²) in [5.41, 5.74) is 7.45. The van der Waals surface area contributed by atoms with Gasteiger partial charge in [0.2, 0.25) is 0 Å². The van der Waals surface area contributed by atoms with Crippen LogP contribution in [0.2, 0.25) is 0 Å². The Labute approximate surface area is 111 Å². The Hall–Kier alpha value is -3.10. The van der Waals surface area contributed by atoms with E-state index in [0.29, 0.717) is 22.5 Å². The molecule has 2 heterocycles. The molecule has 0 saturated carbocycles. The van der Waals surface area contributed by atoms with Gasteiger partial charge in [-0.2, -0.15) is 0 Å². The molecule has 9 heteroatoms. The lowest BCUT2D eigenvalue weighted by atomic mass is 10.2. The topological polar surface area (TPSA) is 129 Å². The van der Waals surface area contributed by atoms with Gasteiger partial charge in [0.25, 0.3) is 5.82 Å². The van der Waals surface area contributed by atoms with E-state index in [0.717, 1.165) is 0 Å². The highest BCUT2D eigenvalue weighted by molar-refractivity contribution is 5.85. The van der Waals surface area contributed by atoms with E-state index in [2.05, 4.69) is 19.8 Å². The number of H-pyrrole nitrogens is 1. The highest BCUT2D eigenvalue weighted by atomic mass is 16.5. The molecule has 0 saturated heterocycles. The van der Waals surface area contributed by atoms with Gasteiger partial charge in [-0.25, -0.2) is 19.3 Å². The Kier molecular flexibility index (Phi) is 2.53. The molecule has 102 valence electrons. The molecular formula is C11H9N5O4. The first-order chi connectivity index (χ1) is 9.58. The van der Waals surface area contributed by atoms with Crippen molar-refractivity contribution in [3.8, 4) is 5.69 Å². The molecule has 0 atom stereocenters. The molecule has 3 aromatic rings. The molecule has 20 heavy (non-hydrogen) atoms. The minimum Gasteiger partial charge on any atom is -0.463 e. The number of nitrogens with two attached hydrogens (primary N) is 1. The van der Waals surface area contributed by atoms with Gasteiger partial charge in [0.05, 0.1) is 24.0 Å². The lowest BCUT2D eigenvalue weighted by Gasteiger charge is -2.04. The highest BCUT2D eigenvalue weighted by Crippen LogP contribution is 2.22. The fourth-order valence-electron chi connectivity index (χ4n) is 1.76. The van der Waals surface area contributed by atoms with E-state index in [4.69, 9.17) is 10.2 Å². The SMILES string of the molecule is COC(=O)c1ncn(-c2cc3[nH]c(=O)oc3cc2N)n1. The monoisotopic (exact) mass is 275 g/mol. The zero-order valence-corrected chi connectivity index (χ0v) is 10.3. The molecule has 0 unspecified atom stereocenters. The number of benzene rings is 1. The number of nitrogen functional groups attached to an aromatic ring is 1. The van der Waals surface area contributed by atoms with Crippen LogP contribution in [0.3, 0.4) is 0 Å². The molecule has 3 rings (SSSR count). The lowest BCUT2D eigenvalue weighted by Crippen LogP contribution is -2.06. The van der Waals surface area contributed by atoms with Crippen LogP contribution in [0.15, 0.2) is 27.7 Å². The van der Waals surface area contributed by atoms with Gasteiger partial charge in [0.1, 0.15) is 6.33 Å². The highest BCUT2D eigenvalue weighted by Gasteiger charge is 2.14. The van der Waals surface area contributed by atoms with Gasteiger partial charge in [-0.1, -0.05) is 0 Å². The second-order valence-corrected chi connectivity index (χ2v) is 3.93. The fraction of sp³-hybridized carbons (Fsp3) is 0.0909. The van der Waals surface area contributed by atoms with Gasteiger partial charge in [-0.05, 0) is 6.07 Å². The smallest absolute Gasteiger partial charge is 0.417 e. The summed E-state index contributed by atoms with van der Waals surface area (Å²) in [7, 11) is 1.24. The van der Waals surface area contributed by atoms with Gasteiger partial charge >= 0.3 is 11.7 Å². The Bertz CT molecular complexity index is 859. The Balaban J connectivity index is 2.13. The zero-order valence-electron chi connectivity index (χ0n) is 10.3. The molecule has 0 fully saturated rings. The number of nitrogens with one attached hydrogen (secondary N) is 1. The van der Waals surface area contributed by atoms with Crippen LogP contribution in [0.4, 0.5) is 5.69 Å². The number of anilines is 1. The number of esters is 1. The van der Waals surface area contributed by atoms with Gasteiger partial charge in [-0.15, -0.1) is 5.10 Å². The lowest BCUT2D eigenvalue weighted by molar-refractivity contribution is 0.0587. The molecule has 0 radical (unpaired) electrons. The van der Waals surface area contributed by atoms with Crippen LogP contribution < -0.4 is 11.5 Å². The summed E-state index contributed by atoms with van der Waals surface area (Å²) < 4.78 is 10.7. The molecule has 0 bridgehead atoms. The van der Waals surface area contributed by atoms with E-state index in [-0.39, 0.29) is 5.82 Å². The van der Waals surface area contributed by atoms with Crippen LogP contribution in [0.25, 0.3) is 16.8 Å². The van der Waals surface area contributed by atoms with Crippen molar-refractivity contribution in [3.63, 3.8) is 0 Å². The average Bonchev–Trinajstić information content (AvgIpc) is 3.02. The summed E-state index contributed by atoms with van der Waals surface area (Å²) in [6.45, 7) is 0. The normalized spacial score (nSPS) is 10.8. The molecule has 0 aliphatic carbocycles. The third-order valence-electron chi connectivity index (χ3n) is 2.67. The largest absolute Gasteiger partial charge is 0.463 e. The second kappa shape index (κ2) is 4.23. The molecule has 3 N–H and O–H groups in total. The molecule has 1 aromatic carbocycles. The summed E-state index contributed by atoms with van der Waals surface area (Å²) in [5, 5.41) is 3.95. The van der Waals surface area contributed by atoms with Crippen molar-refractivity contribution in [1.82, 2.24) is 19.7 Å². The fourth-order valence-corrected chi connectivity index (χ4v) is 1.76. The number of carbonyl (C=O) groups excluding carboxylic acids is 1. The first kappa shape index (κ1) is 12.0. The number of fused-ring (bicyclic) bond motifs is 1. The molecule has 0 amide bonds. The number of nitrogens with zero attached hydrogens (tertiary/aromatic N) is 3. The van der Waals surface area contributed by atoms with Crippen molar-refractivity contribution in [2.75, 3.05) is 12.8 Å². The van der Waals surface area contributed by atoms with E-state index >= 15 is 0 Å². The summed E-state index contributed by atoms with van der Waals surface area (Å²) in [6.07, 6.45) is 1.32. The van der Waals surface area contributed by atoms with Crippen molar-refractivity contribution in [2.45, 2.75) is 0 Å². The Morgan fingerprint density at radius 3 is 3.05 bits per heavy atom. The maximum atomic E-state index is 11.3. The van der Waals surface area contributed by atoms with Crippen molar-refractivity contribution in [3.05, 3.63) is 34.8 Å². The minimum atomic E-state index is -0.653. The van der Waals surface area contributed by atoms with Gasteiger partial charge in [0, 0.05) is 6.07 Å². The maximum Gasteiger partial charge on any atom is 0.417 e. The van der Waals surface area contributed by atoms with Crippen molar-refractivity contribution >= 4 is 22.8 Å². The van der Waals surface area contributed by atoms with Crippen LogP contribution in [-0.4, -0.2) is 32.8 Å². The van der Waals surface area contributed by atoms with Crippen molar-refractivity contribution in [2.24, 2.45) is 0 Å². The standard InChI is InChI=1S/C11H9N5O4/c1-19-10(17)9-13-4-16(15-9)7-3-6-8(2-5(7)12)20-11(18)14-6/h2-4H,12H2,1H3,(H,14,18). The van der Waals surface area contributed by atoms with E-state index < -0.39 is 11.7 Å². The molecule has 2 aromatic heterocycles. The summed E-state index contributed by atoms with van der Waals surface area (Å²) in [6, 6.07) is 3.06. The Morgan fingerprint density at radius 1 is 1.50 bits per heavy atom. The first-order valence-corrected chi connectivity index (χ1v) is 5.51. The molecule has 9 nitrogen and oxygen atoms in total. The van der Waals surface area contributed by atoms with Gasteiger partial charge in [-0.3, -0.25) is 4.98 Å². The predicted octanol–water partition coefficient (Wildman–Crippen LogP) is 0.0706. The minimum absolute atomic E-state index is 0.0901. The predicted molar refractivity (Wildman–Crippen MR) is 67.5 cm³/mol. The van der Waals surface area contributed by atoms with Crippen molar-refractivity contribution in [1.29, 1.82) is 0 Å². The van der Waals surface area contributed by atoms with Crippen LogP contribution in [0, 0.1) is 0 Å². The van der Waals surface area contributed by atoms with Crippen LogP contribution >= 0.6 is 0 Å². The third-order valence-corrected chi connectivity index (χ3v) is 2.67. The van der Waals surface area contributed by atoms with E-state index in [1.165, 1.54) is 24.2 Å². The number of carbonyl (C=O) groups is 1. The number of hydrogen-bond donors (Lipinski definition) is 2. The van der Waals surface area contributed by atoms with Crippen LogP contribution in [0.5, 0.6) is 0 Å². The molecule has 0 aliphatic rings. The number of hydrogen-bond acceptors (Lipinski definition) is 7. The number of aromatic amines is 1. The van der Waals surface area contributed by atoms with Crippen molar-refractivity contribution < 1.29 is 13.9 Å². The van der Waals surface area contributed by atoms with E-state index in [1.807, 2.05) is 0 Å². The number of rotatable bonds is 2. The van der Waals surface area contributed by atoms with Gasteiger partial charge < -0.3 is 14.9 Å². The number of aromatic nitrogens is 4. The number of oxazole rings is 1. The number of ether oxygens (including phenoxy) is 1. The van der Waals surface area contributed by atoms with Crippen LogP contribution in [-0.2, 0) is 4.74 Å². The zero-order chi connectivity index (χ0) is 14.3. The van der Waals surface area contributed by atoms with E-state index in [9.17, 15) is 9.59 Å². The first-order valence-electron chi connectivity index (χ1n) is 5.51. The molecular weight excluding hydrogens is 266 g/mol. The quantitative estimate of drug-likeness (QED) is 0.500. The Morgan fingerprint density at radius 2 is 2.30 bits per heavy atom. The third kappa shape index (κ3) is 1.81. The summed E-state index contributed by atoms with van der Waals surface area (Å²) in [5.74, 6) is -1.32. The summed E-state index contributed by atoms with van der Waals surface area (Å²) in [4.78, 5) is 28.7. The average molecular weight is 275 g/mol. The second-order valence-electron chi connectivity index (χ2n) is 3.93. The van der Waals surface area contributed by atoms with Crippen LogP contribution in [0.1, 0.15) is 10.6 Å².